The standard InChI is InChI=1S/C21H16ClNO4S/c1-3-10-27-17-9-8-14(11-18(17)26-4-2)12-19-20(24)23(21(25)28-19)16-7-5-6-15(22)13-16/h1,5-9,11-13H,4,10H2,2H3/b19-12+. The SMILES string of the molecule is C#CCOc1ccc(/C=C2/SC(=O)N(c3cccc(Cl)c3)C2=O)cc1OCC. The number of imide groups is 1. The number of rotatable bonds is 6. The van der Waals surface area contributed by atoms with Gasteiger partial charge in [-0.05, 0) is 60.7 Å². The van der Waals surface area contributed by atoms with Gasteiger partial charge in [-0.2, -0.15) is 0 Å². The maximum atomic E-state index is 12.7. The number of hydrogen-bond acceptors (Lipinski definition) is 5. The van der Waals surface area contributed by atoms with Crippen LogP contribution in [0.4, 0.5) is 10.5 Å². The fourth-order valence-corrected chi connectivity index (χ4v) is 3.60. The van der Waals surface area contributed by atoms with E-state index in [0.29, 0.717) is 39.3 Å². The molecule has 0 bridgehead atoms. The summed E-state index contributed by atoms with van der Waals surface area (Å²) in [7, 11) is 0. The first-order chi connectivity index (χ1) is 13.5. The number of nitrogens with zero attached hydrogens (tertiary/aromatic N) is 1. The van der Waals surface area contributed by atoms with Gasteiger partial charge in [-0.25, -0.2) is 4.90 Å². The molecule has 0 aliphatic carbocycles. The summed E-state index contributed by atoms with van der Waals surface area (Å²) in [6.45, 7) is 2.42. The highest BCUT2D eigenvalue weighted by atomic mass is 35.5. The van der Waals surface area contributed by atoms with Crippen molar-refractivity contribution in [3.05, 3.63) is 58.0 Å². The summed E-state index contributed by atoms with van der Waals surface area (Å²) in [5, 5.41) is 0.0713. The molecular formula is C21H16ClNO4S. The number of hydrogen-bond donors (Lipinski definition) is 0. The molecule has 2 aromatic rings. The van der Waals surface area contributed by atoms with Crippen LogP contribution in [0.2, 0.25) is 5.02 Å². The Hall–Kier alpha value is -2.88. The van der Waals surface area contributed by atoms with Gasteiger partial charge in [0.2, 0.25) is 0 Å². The van der Waals surface area contributed by atoms with E-state index < -0.39 is 5.91 Å². The van der Waals surface area contributed by atoms with E-state index in [2.05, 4.69) is 5.92 Å². The molecule has 7 heteroatoms. The van der Waals surface area contributed by atoms with Gasteiger partial charge in [0.05, 0.1) is 17.2 Å². The first-order valence-corrected chi connectivity index (χ1v) is 9.59. The van der Waals surface area contributed by atoms with E-state index in [-0.39, 0.29) is 11.8 Å². The van der Waals surface area contributed by atoms with Gasteiger partial charge in [0.1, 0.15) is 6.61 Å². The lowest BCUT2D eigenvalue weighted by molar-refractivity contribution is -0.113. The second-order valence-electron chi connectivity index (χ2n) is 5.63. The number of amides is 2. The molecule has 0 unspecified atom stereocenters. The number of carbonyl (C=O) groups excluding carboxylic acids is 2. The number of terminal acetylenes is 1. The lowest BCUT2D eigenvalue weighted by Gasteiger charge is -2.12. The number of ether oxygens (including phenoxy) is 2. The van der Waals surface area contributed by atoms with Crippen molar-refractivity contribution >= 4 is 46.3 Å². The van der Waals surface area contributed by atoms with Crippen LogP contribution < -0.4 is 14.4 Å². The third-order valence-electron chi connectivity index (χ3n) is 3.74. The molecule has 0 atom stereocenters. The average Bonchev–Trinajstić information content (AvgIpc) is 2.94. The number of thioether (sulfide) groups is 1. The summed E-state index contributed by atoms with van der Waals surface area (Å²) in [4.78, 5) is 26.5. The van der Waals surface area contributed by atoms with E-state index in [1.54, 1.807) is 48.5 Å². The molecular weight excluding hydrogens is 398 g/mol. The topological polar surface area (TPSA) is 55.8 Å². The summed E-state index contributed by atoms with van der Waals surface area (Å²) in [6.07, 6.45) is 6.87. The molecule has 5 nitrogen and oxygen atoms in total. The predicted octanol–water partition coefficient (Wildman–Crippen LogP) is 4.99. The quantitative estimate of drug-likeness (QED) is 0.493. The van der Waals surface area contributed by atoms with Crippen molar-refractivity contribution in [3.63, 3.8) is 0 Å². The minimum atomic E-state index is -0.400. The van der Waals surface area contributed by atoms with Crippen molar-refractivity contribution in [2.24, 2.45) is 0 Å². The van der Waals surface area contributed by atoms with Crippen molar-refractivity contribution in [2.75, 3.05) is 18.1 Å². The van der Waals surface area contributed by atoms with Crippen LogP contribution in [0.25, 0.3) is 6.08 Å². The Balaban J connectivity index is 1.89. The lowest BCUT2D eigenvalue weighted by atomic mass is 10.1. The number of carbonyl (C=O) groups is 2. The molecule has 2 aromatic carbocycles. The highest BCUT2D eigenvalue weighted by Gasteiger charge is 2.36. The van der Waals surface area contributed by atoms with Crippen LogP contribution in [-0.2, 0) is 4.79 Å². The Bertz CT molecular complexity index is 996. The molecule has 1 aliphatic heterocycles. The average molecular weight is 414 g/mol. The molecule has 28 heavy (non-hydrogen) atoms. The van der Waals surface area contributed by atoms with Crippen molar-refractivity contribution in [3.8, 4) is 23.8 Å². The van der Waals surface area contributed by atoms with Crippen LogP contribution >= 0.6 is 23.4 Å². The van der Waals surface area contributed by atoms with Gasteiger partial charge in [0.25, 0.3) is 11.1 Å². The molecule has 0 spiro atoms. The molecule has 0 radical (unpaired) electrons. The van der Waals surface area contributed by atoms with Crippen LogP contribution in [0, 0.1) is 12.3 Å². The Morgan fingerprint density at radius 2 is 2.00 bits per heavy atom. The summed E-state index contributed by atoms with van der Waals surface area (Å²) in [5.74, 6) is 3.04. The van der Waals surface area contributed by atoms with E-state index in [9.17, 15) is 9.59 Å². The summed E-state index contributed by atoms with van der Waals surface area (Å²) >= 11 is 6.85. The third-order valence-corrected chi connectivity index (χ3v) is 4.84. The van der Waals surface area contributed by atoms with Crippen LogP contribution in [0.15, 0.2) is 47.4 Å². The summed E-state index contributed by atoms with van der Waals surface area (Å²) in [5.41, 5.74) is 1.14. The first kappa shape index (κ1) is 19.9. The maximum absolute atomic E-state index is 12.7. The van der Waals surface area contributed by atoms with Gasteiger partial charge >= 0.3 is 0 Å². The molecule has 1 aliphatic rings. The van der Waals surface area contributed by atoms with E-state index in [1.165, 1.54) is 0 Å². The van der Waals surface area contributed by atoms with E-state index in [1.807, 2.05) is 6.92 Å². The third kappa shape index (κ3) is 4.33. The summed E-state index contributed by atoms with van der Waals surface area (Å²) in [6, 6.07) is 11.8. The Kier molecular flexibility index (Phi) is 6.30. The van der Waals surface area contributed by atoms with Gasteiger partial charge in [-0.3, -0.25) is 9.59 Å². The largest absolute Gasteiger partial charge is 0.490 e. The molecule has 0 saturated carbocycles. The Morgan fingerprint density at radius 3 is 2.71 bits per heavy atom. The Morgan fingerprint density at radius 1 is 1.18 bits per heavy atom. The minimum Gasteiger partial charge on any atom is -0.490 e. The molecule has 1 fully saturated rings. The van der Waals surface area contributed by atoms with E-state index >= 15 is 0 Å². The smallest absolute Gasteiger partial charge is 0.298 e. The zero-order chi connectivity index (χ0) is 20.1. The monoisotopic (exact) mass is 413 g/mol. The molecule has 0 N–H and O–H groups in total. The molecule has 1 heterocycles. The van der Waals surface area contributed by atoms with Gasteiger partial charge in [0, 0.05) is 5.02 Å². The van der Waals surface area contributed by atoms with Crippen molar-refractivity contribution in [2.45, 2.75) is 6.92 Å². The molecule has 142 valence electrons. The normalized spacial score (nSPS) is 15.0. The fourth-order valence-electron chi connectivity index (χ4n) is 2.58. The van der Waals surface area contributed by atoms with E-state index in [0.717, 1.165) is 16.7 Å². The van der Waals surface area contributed by atoms with Gasteiger partial charge in [-0.1, -0.05) is 29.7 Å². The van der Waals surface area contributed by atoms with E-state index in [4.69, 9.17) is 27.5 Å². The highest BCUT2D eigenvalue weighted by molar-refractivity contribution is 8.19. The van der Waals surface area contributed by atoms with Crippen LogP contribution in [0.1, 0.15) is 12.5 Å². The lowest BCUT2D eigenvalue weighted by Crippen LogP contribution is -2.27. The molecule has 3 rings (SSSR count). The predicted molar refractivity (Wildman–Crippen MR) is 112 cm³/mol. The van der Waals surface area contributed by atoms with Gasteiger partial charge in [0.15, 0.2) is 11.5 Å². The second kappa shape index (κ2) is 8.87. The zero-order valence-corrected chi connectivity index (χ0v) is 16.5. The van der Waals surface area contributed by atoms with Crippen LogP contribution in [0.3, 0.4) is 0 Å². The molecule has 1 saturated heterocycles. The van der Waals surface area contributed by atoms with Gasteiger partial charge < -0.3 is 9.47 Å². The highest BCUT2D eigenvalue weighted by Crippen LogP contribution is 2.37. The zero-order valence-electron chi connectivity index (χ0n) is 15.0. The number of benzene rings is 2. The second-order valence-corrected chi connectivity index (χ2v) is 7.06. The number of halogens is 1. The first-order valence-electron chi connectivity index (χ1n) is 8.40. The van der Waals surface area contributed by atoms with Crippen molar-refractivity contribution in [1.82, 2.24) is 0 Å². The molecule has 2 amide bonds. The van der Waals surface area contributed by atoms with Crippen LogP contribution in [-0.4, -0.2) is 24.4 Å². The maximum Gasteiger partial charge on any atom is 0.298 e. The van der Waals surface area contributed by atoms with Crippen molar-refractivity contribution < 1.29 is 19.1 Å². The molecule has 0 aromatic heterocycles. The van der Waals surface area contributed by atoms with Crippen molar-refractivity contribution in [1.29, 1.82) is 0 Å². The summed E-state index contributed by atoms with van der Waals surface area (Å²) < 4.78 is 11.0. The Labute approximate surface area is 172 Å². The van der Waals surface area contributed by atoms with Crippen LogP contribution in [0.5, 0.6) is 11.5 Å². The minimum absolute atomic E-state index is 0.123. The number of anilines is 1. The fraction of sp³-hybridized carbons (Fsp3) is 0.143. The van der Waals surface area contributed by atoms with Gasteiger partial charge in [-0.15, -0.1) is 6.42 Å².